The summed E-state index contributed by atoms with van der Waals surface area (Å²) in [6.07, 6.45) is 2.87. The van der Waals surface area contributed by atoms with Crippen LogP contribution in [0.3, 0.4) is 0 Å². The summed E-state index contributed by atoms with van der Waals surface area (Å²) in [6.45, 7) is 3.42. The molecule has 1 amide bonds. The van der Waals surface area contributed by atoms with Crippen LogP contribution in [0.2, 0.25) is 5.15 Å². The molecule has 0 saturated heterocycles. The number of halogens is 1. The van der Waals surface area contributed by atoms with Gasteiger partial charge in [0.25, 0.3) is 5.69 Å². The van der Waals surface area contributed by atoms with Crippen LogP contribution in [-0.2, 0) is 11.8 Å². The molecule has 0 aliphatic carbocycles. The Kier molecular flexibility index (Phi) is 4.80. The van der Waals surface area contributed by atoms with Crippen molar-refractivity contribution in [1.29, 1.82) is 0 Å². The first-order valence-corrected chi connectivity index (χ1v) is 7.10. The second-order valence-corrected chi connectivity index (χ2v) is 5.35. The number of nitrogens with zero attached hydrogens (tertiary/aromatic N) is 3. The summed E-state index contributed by atoms with van der Waals surface area (Å²) in [4.78, 5) is 22.4. The van der Waals surface area contributed by atoms with Crippen molar-refractivity contribution in [2.45, 2.75) is 13.8 Å². The largest absolute Gasteiger partial charge is 0.322 e. The molecule has 2 rings (SSSR count). The zero-order chi connectivity index (χ0) is 17.1. The Hall–Kier alpha value is -2.67. The molecule has 2 aromatic rings. The van der Waals surface area contributed by atoms with Crippen molar-refractivity contribution >= 4 is 35.0 Å². The van der Waals surface area contributed by atoms with Crippen LogP contribution in [0, 0.1) is 24.0 Å². The van der Waals surface area contributed by atoms with Gasteiger partial charge in [-0.15, -0.1) is 0 Å². The maximum absolute atomic E-state index is 11.9. The lowest BCUT2D eigenvalue weighted by atomic mass is 10.2. The minimum atomic E-state index is -0.487. The summed E-state index contributed by atoms with van der Waals surface area (Å²) >= 11 is 6.07. The highest BCUT2D eigenvalue weighted by Crippen LogP contribution is 2.23. The van der Waals surface area contributed by atoms with Crippen molar-refractivity contribution in [2.75, 3.05) is 5.32 Å². The number of anilines is 1. The normalized spacial score (nSPS) is 11.0. The van der Waals surface area contributed by atoms with E-state index in [4.69, 9.17) is 11.6 Å². The predicted octanol–water partition coefficient (Wildman–Crippen LogP) is 3.25. The molecule has 8 heteroatoms. The number of nitro groups is 1. The van der Waals surface area contributed by atoms with Crippen LogP contribution >= 0.6 is 11.6 Å². The van der Waals surface area contributed by atoms with E-state index in [0.717, 1.165) is 0 Å². The summed E-state index contributed by atoms with van der Waals surface area (Å²) in [5.74, 6) is -0.414. The van der Waals surface area contributed by atoms with Crippen molar-refractivity contribution in [3.63, 3.8) is 0 Å². The van der Waals surface area contributed by atoms with Crippen molar-refractivity contribution < 1.29 is 9.72 Å². The molecule has 0 radical (unpaired) electrons. The first-order chi connectivity index (χ1) is 10.8. The average molecular weight is 335 g/mol. The molecule has 23 heavy (non-hydrogen) atoms. The second kappa shape index (κ2) is 6.62. The lowest BCUT2D eigenvalue weighted by Gasteiger charge is -2.03. The third kappa shape index (κ3) is 3.75. The molecule has 0 atom stereocenters. The number of amides is 1. The van der Waals surface area contributed by atoms with Gasteiger partial charge in [0, 0.05) is 36.0 Å². The van der Waals surface area contributed by atoms with Crippen LogP contribution in [-0.4, -0.2) is 20.6 Å². The summed E-state index contributed by atoms with van der Waals surface area (Å²) in [5, 5.41) is 18.1. The molecule has 0 aliphatic rings. The summed E-state index contributed by atoms with van der Waals surface area (Å²) in [7, 11) is 1.71. The van der Waals surface area contributed by atoms with E-state index in [0.29, 0.717) is 27.7 Å². The zero-order valence-corrected chi connectivity index (χ0v) is 13.6. The number of hydrogen-bond donors (Lipinski definition) is 1. The molecule has 0 fully saturated rings. The Morgan fingerprint density at radius 1 is 1.43 bits per heavy atom. The van der Waals surface area contributed by atoms with E-state index >= 15 is 0 Å². The van der Waals surface area contributed by atoms with Gasteiger partial charge in [0.2, 0.25) is 5.91 Å². The van der Waals surface area contributed by atoms with E-state index in [-0.39, 0.29) is 5.69 Å². The fraction of sp³-hybridized carbons (Fsp3) is 0.200. The number of carbonyl (C=O) groups is 1. The van der Waals surface area contributed by atoms with Gasteiger partial charge in [0.1, 0.15) is 5.15 Å². The number of aryl methyl sites for hydroxylation is 3. The molecule has 0 bridgehead atoms. The molecule has 7 nitrogen and oxygen atoms in total. The first kappa shape index (κ1) is 16.7. The Morgan fingerprint density at radius 2 is 2.13 bits per heavy atom. The SMILES string of the molecule is Cc1ccc(NC(=O)/C=C/c2c(C)nn(C)c2Cl)cc1[N+](=O)[O-]. The van der Waals surface area contributed by atoms with Crippen molar-refractivity contribution in [1.82, 2.24) is 9.78 Å². The van der Waals surface area contributed by atoms with Gasteiger partial charge >= 0.3 is 0 Å². The summed E-state index contributed by atoms with van der Waals surface area (Å²) in [6, 6.07) is 4.51. The molecule has 120 valence electrons. The molecule has 1 aromatic carbocycles. The first-order valence-electron chi connectivity index (χ1n) is 6.73. The maximum Gasteiger partial charge on any atom is 0.274 e. The smallest absolute Gasteiger partial charge is 0.274 e. The molecule has 0 unspecified atom stereocenters. The standard InChI is InChI=1S/C15H15ClN4O3/c1-9-4-5-11(8-13(9)20(22)23)17-14(21)7-6-12-10(2)18-19(3)15(12)16/h4-8H,1-3H3,(H,17,21)/b7-6+. The van der Waals surface area contributed by atoms with E-state index in [1.165, 1.54) is 16.8 Å². The summed E-state index contributed by atoms with van der Waals surface area (Å²) < 4.78 is 1.51. The van der Waals surface area contributed by atoms with E-state index in [9.17, 15) is 14.9 Å². The minimum absolute atomic E-state index is 0.0436. The Bertz CT molecular complexity index is 811. The van der Waals surface area contributed by atoms with Crippen molar-refractivity contribution in [2.24, 2.45) is 7.05 Å². The number of rotatable bonds is 4. The van der Waals surface area contributed by atoms with Gasteiger partial charge in [0.05, 0.1) is 10.6 Å². The third-order valence-corrected chi connectivity index (χ3v) is 3.72. The summed E-state index contributed by atoms with van der Waals surface area (Å²) in [5.41, 5.74) is 2.19. The number of nitro benzene ring substituents is 1. The van der Waals surface area contributed by atoms with E-state index in [1.54, 1.807) is 39.1 Å². The van der Waals surface area contributed by atoms with Gasteiger partial charge in [-0.25, -0.2) is 0 Å². The van der Waals surface area contributed by atoms with Gasteiger partial charge in [-0.1, -0.05) is 17.7 Å². The monoisotopic (exact) mass is 334 g/mol. The van der Waals surface area contributed by atoms with Crippen molar-refractivity contribution in [3.8, 4) is 0 Å². The Labute approximate surface area is 137 Å². The predicted molar refractivity (Wildman–Crippen MR) is 88.5 cm³/mol. The van der Waals surface area contributed by atoms with Gasteiger partial charge in [0.15, 0.2) is 0 Å². The van der Waals surface area contributed by atoms with E-state index in [1.807, 2.05) is 0 Å². The molecule has 1 heterocycles. The van der Waals surface area contributed by atoms with Gasteiger partial charge in [-0.3, -0.25) is 19.6 Å². The zero-order valence-electron chi connectivity index (χ0n) is 12.8. The highest BCUT2D eigenvalue weighted by Gasteiger charge is 2.12. The maximum atomic E-state index is 11.9. The molecule has 1 aromatic heterocycles. The van der Waals surface area contributed by atoms with Crippen LogP contribution in [0.1, 0.15) is 16.8 Å². The molecular formula is C15H15ClN4O3. The molecule has 0 aliphatic heterocycles. The number of benzene rings is 1. The highest BCUT2D eigenvalue weighted by atomic mass is 35.5. The van der Waals surface area contributed by atoms with Crippen LogP contribution < -0.4 is 5.32 Å². The number of aromatic nitrogens is 2. The number of nitrogens with one attached hydrogen (secondary N) is 1. The minimum Gasteiger partial charge on any atom is -0.322 e. The topological polar surface area (TPSA) is 90.1 Å². The molecule has 1 N–H and O–H groups in total. The average Bonchev–Trinajstić information content (AvgIpc) is 2.72. The van der Waals surface area contributed by atoms with Crippen LogP contribution in [0.25, 0.3) is 6.08 Å². The second-order valence-electron chi connectivity index (χ2n) is 4.99. The van der Waals surface area contributed by atoms with Crippen LogP contribution in [0.15, 0.2) is 24.3 Å². The third-order valence-electron chi connectivity index (χ3n) is 3.27. The number of hydrogen-bond acceptors (Lipinski definition) is 4. The fourth-order valence-electron chi connectivity index (χ4n) is 2.06. The van der Waals surface area contributed by atoms with Crippen LogP contribution in [0.4, 0.5) is 11.4 Å². The van der Waals surface area contributed by atoms with Gasteiger partial charge in [-0.05, 0) is 26.0 Å². The molecule has 0 spiro atoms. The molecular weight excluding hydrogens is 320 g/mol. The van der Waals surface area contributed by atoms with E-state index in [2.05, 4.69) is 10.4 Å². The van der Waals surface area contributed by atoms with Gasteiger partial charge in [-0.2, -0.15) is 5.10 Å². The Balaban J connectivity index is 2.15. The number of carbonyl (C=O) groups excluding carboxylic acids is 1. The lowest BCUT2D eigenvalue weighted by molar-refractivity contribution is -0.385. The van der Waals surface area contributed by atoms with Crippen molar-refractivity contribution in [3.05, 3.63) is 56.4 Å². The van der Waals surface area contributed by atoms with E-state index < -0.39 is 10.8 Å². The Morgan fingerprint density at radius 3 is 2.70 bits per heavy atom. The van der Waals surface area contributed by atoms with Crippen LogP contribution in [0.5, 0.6) is 0 Å². The highest BCUT2D eigenvalue weighted by molar-refractivity contribution is 6.31. The molecule has 0 saturated carbocycles. The quantitative estimate of drug-likeness (QED) is 0.528. The fourth-order valence-corrected chi connectivity index (χ4v) is 2.30. The van der Waals surface area contributed by atoms with Gasteiger partial charge < -0.3 is 5.32 Å². The lowest BCUT2D eigenvalue weighted by Crippen LogP contribution is -2.08.